The van der Waals surface area contributed by atoms with Crippen LogP contribution in [0, 0.1) is 6.92 Å². The number of aromatic nitrogens is 1. The summed E-state index contributed by atoms with van der Waals surface area (Å²) >= 11 is 0. The number of alkyl halides is 3. The van der Waals surface area contributed by atoms with Gasteiger partial charge in [-0.25, -0.2) is 4.98 Å². The zero-order chi connectivity index (χ0) is 11.6. The number of hydrogen-bond donors (Lipinski definition) is 1. The molecule has 0 saturated heterocycles. The van der Waals surface area contributed by atoms with Crippen LogP contribution < -0.4 is 10.5 Å². The highest BCUT2D eigenvalue weighted by Gasteiger charge is 2.38. The molecule has 1 aromatic rings. The van der Waals surface area contributed by atoms with E-state index < -0.39 is 12.3 Å². The normalized spacial score (nSPS) is 13.7. The lowest BCUT2D eigenvalue weighted by Crippen LogP contribution is -2.31. The van der Waals surface area contributed by atoms with E-state index in [0.717, 1.165) is 6.92 Å². The SMILES string of the molecule is Cc1cc(N)cnc1OC(C)C(F)(F)F. The van der Waals surface area contributed by atoms with Crippen LogP contribution in [0.25, 0.3) is 0 Å². The first-order valence-corrected chi connectivity index (χ1v) is 4.26. The number of hydrogen-bond acceptors (Lipinski definition) is 3. The maximum Gasteiger partial charge on any atom is 0.425 e. The highest BCUT2D eigenvalue weighted by atomic mass is 19.4. The van der Waals surface area contributed by atoms with Crippen molar-refractivity contribution in [3.63, 3.8) is 0 Å². The van der Waals surface area contributed by atoms with Gasteiger partial charge in [0.1, 0.15) is 0 Å². The number of anilines is 1. The molecule has 84 valence electrons. The van der Waals surface area contributed by atoms with Crippen LogP contribution in [0.3, 0.4) is 0 Å². The van der Waals surface area contributed by atoms with Crippen molar-refractivity contribution in [1.82, 2.24) is 4.98 Å². The lowest BCUT2D eigenvalue weighted by Gasteiger charge is -2.17. The van der Waals surface area contributed by atoms with Crippen molar-refractivity contribution in [2.75, 3.05) is 5.73 Å². The van der Waals surface area contributed by atoms with Gasteiger partial charge in [-0.2, -0.15) is 13.2 Å². The molecule has 0 radical (unpaired) electrons. The number of pyridine rings is 1. The van der Waals surface area contributed by atoms with Crippen LogP contribution in [0.2, 0.25) is 0 Å². The molecule has 1 unspecified atom stereocenters. The van der Waals surface area contributed by atoms with E-state index >= 15 is 0 Å². The smallest absolute Gasteiger partial charge is 0.425 e. The summed E-state index contributed by atoms with van der Waals surface area (Å²) in [6, 6.07) is 1.51. The van der Waals surface area contributed by atoms with Gasteiger partial charge in [0.2, 0.25) is 5.88 Å². The van der Waals surface area contributed by atoms with Crippen molar-refractivity contribution in [1.29, 1.82) is 0 Å². The minimum atomic E-state index is -4.39. The Morgan fingerprint density at radius 2 is 2.07 bits per heavy atom. The molecule has 0 aliphatic carbocycles. The molecular formula is C9H11F3N2O. The third-order valence-electron chi connectivity index (χ3n) is 1.80. The zero-order valence-corrected chi connectivity index (χ0v) is 8.30. The quantitative estimate of drug-likeness (QED) is 0.831. The fraction of sp³-hybridized carbons (Fsp3) is 0.444. The van der Waals surface area contributed by atoms with Gasteiger partial charge in [-0.3, -0.25) is 0 Å². The van der Waals surface area contributed by atoms with E-state index in [-0.39, 0.29) is 5.88 Å². The standard InChI is InChI=1S/C9H11F3N2O/c1-5-3-7(13)4-14-8(5)15-6(2)9(10,11)12/h3-4,6H,13H2,1-2H3. The van der Waals surface area contributed by atoms with Crippen LogP contribution in [0.1, 0.15) is 12.5 Å². The topological polar surface area (TPSA) is 48.1 Å². The monoisotopic (exact) mass is 220 g/mol. The molecule has 0 spiro atoms. The largest absolute Gasteiger partial charge is 0.465 e. The van der Waals surface area contributed by atoms with Gasteiger partial charge < -0.3 is 10.5 Å². The molecule has 1 heterocycles. The van der Waals surface area contributed by atoms with Gasteiger partial charge >= 0.3 is 6.18 Å². The number of rotatable bonds is 2. The van der Waals surface area contributed by atoms with Crippen LogP contribution in [0.5, 0.6) is 5.88 Å². The molecule has 1 aromatic heterocycles. The van der Waals surface area contributed by atoms with Gasteiger partial charge in [-0.05, 0) is 19.9 Å². The summed E-state index contributed by atoms with van der Waals surface area (Å²) in [6.45, 7) is 2.51. The van der Waals surface area contributed by atoms with Crippen LogP contribution >= 0.6 is 0 Å². The molecule has 15 heavy (non-hydrogen) atoms. The number of nitrogen functional groups attached to an aromatic ring is 1. The maximum absolute atomic E-state index is 12.2. The molecule has 0 fully saturated rings. The number of aryl methyl sites for hydroxylation is 1. The Balaban J connectivity index is 2.82. The molecule has 6 heteroatoms. The molecule has 0 bridgehead atoms. The number of nitrogens with two attached hydrogens (primary N) is 1. The average molecular weight is 220 g/mol. The molecule has 2 N–H and O–H groups in total. The molecule has 0 aliphatic rings. The van der Waals surface area contributed by atoms with Crippen molar-refractivity contribution in [3.8, 4) is 5.88 Å². The Kier molecular flexibility index (Phi) is 3.06. The summed E-state index contributed by atoms with van der Waals surface area (Å²) in [5, 5.41) is 0. The van der Waals surface area contributed by atoms with Gasteiger partial charge in [0.15, 0.2) is 6.10 Å². The Morgan fingerprint density at radius 1 is 1.47 bits per heavy atom. The minimum Gasteiger partial charge on any atom is -0.465 e. The summed E-state index contributed by atoms with van der Waals surface area (Å²) < 4.78 is 41.2. The molecule has 0 aliphatic heterocycles. The highest BCUT2D eigenvalue weighted by Crippen LogP contribution is 2.25. The highest BCUT2D eigenvalue weighted by molar-refractivity contribution is 5.41. The molecule has 0 saturated carbocycles. The Labute approximate surface area is 85.1 Å². The van der Waals surface area contributed by atoms with Crippen molar-refractivity contribution in [2.24, 2.45) is 0 Å². The van der Waals surface area contributed by atoms with E-state index in [1.165, 1.54) is 12.3 Å². The minimum absolute atomic E-state index is 0.0472. The van der Waals surface area contributed by atoms with E-state index in [1.807, 2.05) is 0 Å². The average Bonchev–Trinajstić information content (AvgIpc) is 2.08. The number of nitrogens with zero attached hydrogens (tertiary/aromatic N) is 1. The van der Waals surface area contributed by atoms with Gasteiger partial charge in [0, 0.05) is 5.56 Å². The van der Waals surface area contributed by atoms with Crippen LogP contribution in [0.4, 0.5) is 18.9 Å². The van der Waals surface area contributed by atoms with Gasteiger partial charge in [-0.15, -0.1) is 0 Å². The maximum atomic E-state index is 12.2. The summed E-state index contributed by atoms with van der Waals surface area (Å²) in [6.07, 6.45) is -5.02. The summed E-state index contributed by atoms with van der Waals surface area (Å²) in [5.41, 5.74) is 6.27. The van der Waals surface area contributed by atoms with Crippen molar-refractivity contribution >= 4 is 5.69 Å². The summed E-state index contributed by atoms with van der Waals surface area (Å²) in [5.74, 6) is -0.0472. The van der Waals surface area contributed by atoms with Gasteiger partial charge in [0.25, 0.3) is 0 Å². The molecule has 0 amide bonds. The van der Waals surface area contributed by atoms with E-state index in [2.05, 4.69) is 9.72 Å². The Morgan fingerprint density at radius 3 is 2.53 bits per heavy atom. The predicted octanol–water partition coefficient (Wildman–Crippen LogP) is 2.30. The molecule has 0 aromatic carbocycles. The van der Waals surface area contributed by atoms with Gasteiger partial charge in [0.05, 0.1) is 11.9 Å². The first-order valence-electron chi connectivity index (χ1n) is 4.26. The molecule has 1 atom stereocenters. The lowest BCUT2D eigenvalue weighted by atomic mass is 10.3. The van der Waals surface area contributed by atoms with Gasteiger partial charge in [-0.1, -0.05) is 0 Å². The first-order chi connectivity index (χ1) is 6.80. The third-order valence-corrected chi connectivity index (χ3v) is 1.80. The second-order valence-corrected chi connectivity index (χ2v) is 3.19. The first kappa shape index (κ1) is 11.6. The van der Waals surface area contributed by atoms with E-state index in [4.69, 9.17) is 5.73 Å². The fourth-order valence-electron chi connectivity index (χ4n) is 0.942. The second kappa shape index (κ2) is 3.96. The van der Waals surface area contributed by atoms with E-state index in [1.54, 1.807) is 6.92 Å². The third kappa shape index (κ3) is 3.00. The Hall–Kier alpha value is -1.46. The van der Waals surface area contributed by atoms with Crippen molar-refractivity contribution in [3.05, 3.63) is 17.8 Å². The van der Waals surface area contributed by atoms with E-state index in [9.17, 15) is 13.2 Å². The van der Waals surface area contributed by atoms with Crippen LogP contribution in [0.15, 0.2) is 12.3 Å². The van der Waals surface area contributed by atoms with E-state index in [0.29, 0.717) is 11.3 Å². The number of ether oxygens (including phenoxy) is 1. The van der Waals surface area contributed by atoms with Crippen LogP contribution in [-0.4, -0.2) is 17.3 Å². The van der Waals surface area contributed by atoms with Crippen LogP contribution in [-0.2, 0) is 0 Å². The zero-order valence-electron chi connectivity index (χ0n) is 8.30. The fourth-order valence-corrected chi connectivity index (χ4v) is 0.942. The van der Waals surface area contributed by atoms with Crippen molar-refractivity contribution < 1.29 is 17.9 Å². The molecular weight excluding hydrogens is 209 g/mol. The molecule has 3 nitrogen and oxygen atoms in total. The summed E-state index contributed by atoms with van der Waals surface area (Å²) in [7, 11) is 0. The lowest BCUT2D eigenvalue weighted by molar-refractivity contribution is -0.190. The second-order valence-electron chi connectivity index (χ2n) is 3.19. The van der Waals surface area contributed by atoms with Crippen molar-refractivity contribution in [2.45, 2.75) is 26.1 Å². The predicted molar refractivity (Wildman–Crippen MR) is 49.5 cm³/mol. The number of halogens is 3. The molecule has 1 rings (SSSR count). The Bertz CT molecular complexity index is 352. The summed E-state index contributed by atoms with van der Waals surface area (Å²) in [4.78, 5) is 3.68.